The van der Waals surface area contributed by atoms with Crippen LogP contribution in [0.5, 0.6) is 0 Å². The predicted octanol–water partition coefficient (Wildman–Crippen LogP) is 4.01. The van der Waals surface area contributed by atoms with Crippen LogP contribution in [0.2, 0.25) is 5.02 Å². The lowest BCUT2D eigenvalue weighted by Gasteiger charge is -2.28. The molecule has 2 aromatic carbocycles. The van der Waals surface area contributed by atoms with Crippen molar-refractivity contribution in [3.63, 3.8) is 0 Å². The SMILES string of the molecule is CC(CN1C(=O)c2ccccc2C1C(=O)NCC1CC(=O)N(C(C)C)C1)c1ccc(Cl)cc1. The lowest BCUT2D eigenvalue weighted by molar-refractivity contribution is -0.129. The molecule has 6 nitrogen and oxygen atoms in total. The van der Waals surface area contributed by atoms with Gasteiger partial charge in [0.05, 0.1) is 0 Å². The fourth-order valence-electron chi connectivity index (χ4n) is 4.82. The van der Waals surface area contributed by atoms with Gasteiger partial charge < -0.3 is 15.1 Å². The molecule has 2 aromatic rings. The Morgan fingerprint density at radius 2 is 1.79 bits per heavy atom. The van der Waals surface area contributed by atoms with Crippen molar-refractivity contribution in [1.82, 2.24) is 15.1 Å². The fraction of sp³-hybridized carbons (Fsp3) is 0.423. The van der Waals surface area contributed by atoms with Gasteiger partial charge in [0.15, 0.2) is 0 Å². The van der Waals surface area contributed by atoms with Crippen molar-refractivity contribution in [2.24, 2.45) is 5.92 Å². The van der Waals surface area contributed by atoms with Crippen LogP contribution in [0, 0.1) is 5.92 Å². The Labute approximate surface area is 199 Å². The van der Waals surface area contributed by atoms with Crippen molar-refractivity contribution in [2.75, 3.05) is 19.6 Å². The minimum Gasteiger partial charge on any atom is -0.354 e. The third kappa shape index (κ3) is 4.76. The number of carbonyl (C=O) groups excluding carboxylic acids is 3. The number of hydrogen-bond donors (Lipinski definition) is 1. The van der Waals surface area contributed by atoms with E-state index in [1.807, 2.05) is 68.1 Å². The molecule has 0 spiro atoms. The highest BCUT2D eigenvalue weighted by atomic mass is 35.5. The summed E-state index contributed by atoms with van der Waals surface area (Å²) < 4.78 is 0. The molecule has 7 heteroatoms. The molecule has 174 valence electrons. The molecule has 3 unspecified atom stereocenters. The third-order valence-corrected chi connectivity index (χ3v) is 6.90. The highest BCUT2D eigenvalue weighted by molar-refractivity contribution is 6.30. The number of carbonyl (C=O) groups is 3. The summed E-state index contributed by atoms with van der Waals surface area (Å²) in [7, 11) is 0. The van der Waals surface area contributed by atoms with Crippen molar-refractivity contribution in [3.05, 3.63) is 70.2 Å². The molecular weight excluding hydrogens is 438 g/mol. The first-order valence-corrected chi connectivity index (χ1v) is 11.9. The zero-order chi connectivity index (χ0) is 23.7. The van der Waals surface area contributed by atoms with Gasteiger partial charge in [-0.3, -0.25) is 14.4 Å². The summed E-state index contributed by atoms with van der Waals surface area (Å²) in [6, 6.07) is 14.4. The molecule has 1 fully saturated rings. The van der Waals surface area contributed by atoms with Crippen LogP contribution < -0.4 is 5.32 Å². The van der Waals surface area contributed by atoms with Gasteiger partial charge in [0.2, 0.25) is 11.8 Å². The number of rotatable bonds is 7. The lowest BCUT2D eigenvalue weighted by atomic mass is 9.99. The molecular formula is C26H30ClN3O3. The van der Waals surface area contributed by atoms with Crippen LogP contribution >= 0.6 is 11.6 Å². The first-order chi connectivity index (χ1) is 15.8. The van der Waals surface area contributed by atoms with Crippen molar-refractivity contribution >= 4 is 29.3 Å². The van der Waals surface area contributed by atoms with Crippen LogP contribution in [0.15, 0.2) is 48.5 Å². The number of amides is 3. The second kappa shape index (κ2) is 9.56. The summed E-state index contributed by atoms with van der Waals surface area (Å²) in [6.45, 7) is 7.52. The molecule has 33 heavy (non-hydrogen) atoms. The Kier molecular flexibility index (Phi) is 6.75. The summed E-state index contributed by atoms with van der Waals surface area (Å²) in [6.07, 6.45) is 0.440. The van der Waals surface area contributed by atoms with Gasteiger partial charge in [-0.1, -0.05) is 48.9 Å². The first kappa shape index (κ1) is 23.3. The molecule has 0 radical (unpaired) electrons. The van der Waals surface area contributed by atoms with Gasteiger partial charge >= 0.3 is 0 Å². The van der Waals surface area contributed by atoms with Crippen LogP contribution in [0.1, 0.15) is 60.6 Å². The van der Waals surface area contributed by atoms with Crippen molar-refractivity contribution in [3.8, 4) is 0 Å². The molecule has 2 aliphatic rings. The number of nitrogens with zero attached hydrogens (tertiary/aromatic N) is 2. The first-order valence-electron chi connectivity index (χ1n) is 11.5. The summed E-state index contributed by atoms with van der Waals surface area (Å²) >= 11 is 6.02. The van der Waals surface area contributed by atoms with Crippen molar-refractivity contribution in [1.29, 1.82) is 0 Å². The van der Waals surface area contributed by atoms with Crippen molar-refractivity contribution < 1.29 is 14.4 Å². The number of benzene rings is 2. The second-order valence-electron chi connectivity index (χ2n) is 9.36. The molecule has 0 bridgehead atoms. The second-order valence-corrected chi connectivity index (χ2v) is 9.79. The number of likely N-dealkylation sites (tertiary alicyclic amines) is 1. The number of hydrogen-bond acceptors (Lipinski definition) is 3. The molecule has 0 aliphatic carbocycles. The van der Waals surface area contributed by atoms with E-state index in [9.17, 15) is 14.4 Å². The third-order valence-electron chi connectivity index (χ3n) is 6.64. The van der Waals surface area contributed by atoms with Crippen LogP contribution in [-0.4, -0.2) is 53.2 Å². The average Bonchev–Trinajstić information content (AvgIpc) is 3.30. The van der Waals surface area contributed by atoms with E-state index in [0.29, 0.717) is 36.6 Å². The van der Waals surface area contributed by atoms with E-state index in [-0.39, 0.29) is 35.6 Å². The molecule has 2 aliphatic heterocycles. The van der Waals surface area contributed by atoms with Gasteiger partial charge in [0.25, 0.3) is 5.91 Å². The Morgan fingerprint density at radius 3 is 2.45 bits per heavy atom. The minimum absolute atomic E-state index is 0.0304. The zero-order valence-corrected chi connectivity index (χ0v) is 20.0. The van der Waals surface area contributed by atoms with Gasteiger partial charge in [0.1, 0.15) is 6.04 Å². The molecule has 1 saturated heterocycles. The summed E-state index contributed by atoms with van der Waals surface area (Å²) in [5, 5.41) is 3.69. The molecule has 1 N–H and O–H groups in total. The van der Waals surface area contributed by atoms with Crippen molar-refractivity contribution in [2.45, 2.75) is 45.2 Å². The average molecular weight is 468 g/mol. The Bertz CT molecular complexity index is 1050. The largest absolute Gasteiger partial charge is 0.354 e. The number of fused-ring (bicyclic) bond motifs is 1. The molecule has 4 rings (SSSR count). The quantitative estimate of drug-likeness (QED) is 0.668. The van der Waals surface area contributed by atoms with E-state index in [1.54, 1.807) is 11.0 Å². The van der Waals surface area contributed by atoms with E-state index in [2.05, 4.69) is 5.32 Å². The maximum atomic E-state index is 13.4. The minimum atomic E-state index is -0.679. The maximum Gasteiger partial charge on any atom is 0.255 e. The van der Waals surface area contributed by atoms with Gasteiger partial charge in [0, 0.05) is 48.6 Å². The number of halogens is 1. The van der Waals surface area contributed by atoms with Gasteiger partial charge in [-0.15, -0.1) is 0 Å². The predicted molar refractivity (Wildman–Crippen MR) is 128 cm³/mol. The molecule has 3 atom stereocenters. The molecule has 0 aromatic heterocycles. The monoisotopic (exact) mass is 467 g/mol. The topological polar surface area (TPSA) is 69.7 Å². The Morgan fingerprint density at radius 1 is 1.09 bits per heavy atom. The maximum absolute atomic E-state index is 13.4. The highest BCUT2D eigenvalue weighted by Crippen LogP contribution is 2.35. The standard InChI is InChI=1S/C26H30ClN3O3/c1-16(2)29-15-18(12-23(29)31)13-28-25(32)24-21-6-4-5-7-22(21)26(33)30(24)14-17(3)19-8-10-20(27)11-9-19/h4-11,16-18,24H,12-15H2,1-3H3,(H,28,32). The van der Waals surface area contributed by atoms with Crippen LogP contribution in [-0.2, 0) is 9.59 Å². The summed E-state index contributed by atoms with van der Waals surface area (Å²) in [4.78, 5) is 42.3. The number of nitrogens with one attached hydrogen (secondary N) is 1. The molecule has 2 heterocycles. The lowest BCUT2D eigenvalue weighted by Crippen LogP contribution is -2.42. The summed E-state index contributed by atoms with van der Waals surface area (Å²) in [5.41, 5.74) is 2.36. The van der Waals surface area contributed by atoms with E-state index in [1.165, 1.54) is 0 Å². The van der Waals surface area contributed by atoms with Gasteiger partial charge in [-0.2, -0.15) is 0 Å². The van der Waals surface area contributed by atoms with Crippen LogP contribution in [0.3, 0.4) is 0 Å². The van der Waals surface area contributed by atoms with E-state index in [4.69, 9.17) is 11.6 Å². The van der Waals surface area contributed by atoms with E-state index in [0.717, 1.165) is 11.1 Å². The summed E-state index contributed by atoms with van der Waals surface area (Å²) in [5.74, 6) is -0.0924. The normalized spacial score (nSPS) is 21.0. The Hall–Kier alpha value is -2.86. The smallest absolute Gasteiger partial charge is 0.255 e. The van der Waals surface area contributed by atoms with E-state index >= 15 is 0 Å². The molecule has 3 amide bonds. The van der Waals surface area contributed by atoms with Crippen LogP contribution in [0.4, 0.5) is 0 Å². The van der Waals surface area contributed by atoms with Crippen LogP contribution in [0.25, 0.3) is 0 Å². The highest BCUT2D eigenvalue weighted by Gasteiger charge is 2.42. The fourth-order valence-corrected chi connectivity index (χ4v) is 4.94. The van der Waals surface area contributed by atoms with Gasteiger partial charge in [-0.05, 0) is 49.1 Å². The van der Waals surface area contributed by atoms with Gasteiger partial charge in [-0.25, -0.2) is 0 Å². The Balaban J connectivity index is 1.49. The molecule has 0 saturated carbocycles. The zero-order valence-electron chi connectivity index (χ0n) is 19.3. The van der Waals surface area contributed by atoms with E-state index < -0.39 is 6.04 Å².